The molecule has 0 amide bonds. The molecule has 2 unspecified atom stereocenters. The summed E-state index contributed by atoms with van der Waals surface area (Å²) in [4.78, 5) is 0. The van der Waals surface area contributed by atoms with Gasteiger partial charge in [-0.05, 0) is 85.6 Å². The predicted molar refractivity (Wildman–Crippen MR) is 114 cm³/mol. The Balaban J connectivity index is 1.33. The zero-order valence-corrected chi connectivity index (χ0v) is 18.4. The fraction of sp³-hybridized carbons (Fsp3) is 0.565. The molecule has 4 saturated carbocycles. The van der Waals surface area contributed by atoms with Crippen molar-refractivity contribution in [2.24, 2.45) is 16.7 Å². The second-order valence-electron chi connectivity index (χ2n) is 10.2. The number of benzene rings is 1. The molecule has 1 aromatic carbocycles. The van der Waals surface area contributed by atoms with Gasteiger partial charge in [-0.25, -0.2) is 0 Å². The normalized spacial score (nSPS) is 37.1. The predicted octanol–water partition coefficient (Wildman–Crippen LogP) is 7.20. The minimum absolute atomic E-state index is 0.297. The van der Waals surface area contributed by atoms with Crippen LogP contribution in [0.25, 0.3) is 11.3 Å². The number of furan rings is 1. The molecule has 2 aromatic rings. The van der Waals surface area contributed by atoms with Crippen LogP contribution in [0, 0.1) is 16.7 Å². The van der Waals surface area contributed by atoms with Crippen LogP contribution in [0.15, 0.2) is 39.2 Å². The second-order valence-corrected chi connectivity index (χ2v) is 11.5. The molecule has 2 nitrogen and oxygen atoms in total. The lowest BCUT2D eigenvalue weighted by Gasteiger charge is -2.65. The lowest BCUT2D eigenvalue weighted by molar-refractivity contribution is -0.118. The van der Waals surface area contributed by atoms with Crippen LogP contribution in [0.1, 0.15) is 58.1 Å². The Hall–Kier alpha value is -0.770. The first-order valence-electron chi connectivity index (χ1n) is 10.0. The first kappa shape index (κ1) is 18.3. The maximum Gasteiger partial charge on any atom is 0.135 e. The van der Waals surface area contributed by atoms with E-state index in [2.05, 4.69) is 41.2 Å². The fourth-order valence-corrected chi connectivity index (χ4v) is 7.99. The highest BCUT2D eigenvalue weighted by Crippen LogP contribution is 2.66. The van der Waals surface area contributed by atoms with E-state index < -0.39 is 0 Å². The molecule has 1 heterocycles. The summed E-state index contributed by atoms with van der Waals surface area (Å²) in [5.74, 6) is 2.74. The number of hydrogen-bond donors (Lipinski definition) is 1. The topological polar surface area (TPSA) is 25.2 Å². The van der Waals surface area contributed by atoms with E-state index in [0.717, 1.165) is 34.0 Å². The standard InChI is InChI=1S/C23H27BrClNO/c1-21-8-15-9-22(2,12-21)14-23(10-15,13-21)26-11-17-4-6-20(27-17)18-5-3-16(24)7-19(18)25/h3-7,15,26H,8-14H2,1-2H3. The Bertz CT molecular complexity index is 872. The maximum absolute atomic E-state index is 6.39. The van der Waals surface area contributed by atoms with Gasteiger partial charge in [0.05, 0.1) is 11.6 Å². The van der Waals surface area contributed by atoms with E-state index in [1.54, 1.807) is 0 Å². The molecule has 1 N–H and O–H groups in total. The third kappa shape index (κ3) is 3.30. The van der Waals surface area contributed by atoms with Crippen LogP contribution in [-0.4, -0.2) is 5.54 Å². The summed E-state index contributed by atoms with van der Waals surface area (Å²) >= 11 is 9.85. The molecule has 0 aliphatic heterocycles. The molecule has 0 saturated heterocycles. The summed E-state index contributed by atoms with van der Waals surface area (Å²) < 4.78 is 7.12. The highest BCUT2D eigenvalue weighted by Gasteiger charge is 2.59. The molecule has 4 bridgehead atoms. The van der Waals surface area contributed by atoms with Crippen LogP contribution in [0.4, 0.5) is 0 Å². The van der Waals surface area contributed by atoms with Crippen LogP contribution in [0.2, 0.25) is 5.02 Å². The number of nitrogens with one attached hydrogen (secondary N) is 1. The Morgan fingerprint density at radius 2 is 1.81 bits per heavy atom. The first-order valence-corrected chi connectivity index (χ1v) is 11.2. The first-order chi connectivity index (χ1) is 12.8. The average Bonchev–Trinajstić information content (AvgIpc) is 2.98. The van der Waals surface area contributed by atoms with Crippen molar-refractivity contribution in [1.82, 2.24) is 5.32 Å². The van der Waals surface area contributed by atoms with Crippen molar-refractivity contribution in [3.05, 3.63) is 45.6 Å². The smallest absolute Gasteiger partial charge is 0.135 e. The van der Waals surface area contributed by atoms with Crippen molar-refractivity contribution in [1.29, 1.82) is 0 Å². The molecular weight excluding hydrogens is 422 g/mol. The zero-order chi connectivity index (χ0) is 18.9. The largest absolute Gasteiger partial charge is 0.460 e. The monoisotopic (exact) mass is 447 g/mol. The molecule has 4 heteroatoms. The van der Waals surface area contributed by atoms with Crippen LogP contribution in [0.5, 0.6) is 0 Å². The Labute approximate surface area is 175 Å². The maximum atomic E-state index is 6.39. The van der Waals surface area contributed by atoms with Crippen molar-refractivity contribution in [3.63, 3.8) is 0 Å². The van der Waals surface area contributed by atoms with Gasteiger partial charge in [-0.1, -0.05) is 41.4 Å². The van der Waals surface area contributed by atoms with Crippen molar-refractivity contribution in [2.45, 2.75) is 64.5 Å². The van der Waals surface area contributed by atoms with Gasteiger partial charge in [0, 0.05) is 15.6 Å². The van der Waals surface area contributed by atoms with Crippen molar-refractivity contribution >= 4 is 27.5 Å². The molecule has 27 heavy (non-hydrogen) atoms. The highest BCUT2D eigenvalue weighted by atomic mass is 79.9. The lowest BCUT2D eigenvalue weighted by atomic mass is 9.43. The van der Waals surface area contributed by atoms with Gasteiger partial charge in [0.25, 0.3) is 0 Å². The van der Waals surface area contributed by atoms with Gasteiger partial charge in [-0.3, -0.25) is 0 Å². The fourth-order valence-electron chi connectivity index (χ4n) is 7.23. The van der Waals surface area contributed by atoms with Crippen LogP contribution in [0.3, 0.4) is 0 Å². The van der Waals surface area contributed by atoms with Gasteiger partial charge in [0.15, 0.2) is 0 Å². The van der Waals surface area contributed by atoms with E-state index in [1.165, 1.54) is 38.5 Å². The summed E-state index contributed by atoms with van der Waals surface area (Å²) in [6.07, 6.45) is 8.24. The van der Waals surface area contributed by atoms with Gasteiger partial charge < -0.3 is 9.73 Å². The van der Waals surface area contributed by atoms with Gasteiger partial charge in [-0.2, -0.15) is 0 Å². The average molecular weight is 449 g/mol. The summed E-state index contributed by atoms with van der Waals surface area (Å²) in [6, 6.07) is 10.0. The zero-order valence-electron chi connectivity index (χ0n) is 16.1. The van der Waals surface area contributed by atoms with E-state index in [9.17, 15) is 0 Å². The van der Waals surface area contributed by atoms with Gasteiger partial charge >= 0.3 is 0 Å². The minimum Gasteiger partial charge on any atom is -0.460 e. The number of hydrogen-bond acceptors (Lipinski definition) is 2. The van der Waals surface area contributed by atoms with E-state index >= 15 is 0 Å². The minimum atomic E-state index is 0.297. The molecule has 6 rings (SSSR count). The van der Waals surface area contributed by atoms with E-state index in [1.807, 2.05) is 24.3 Å². The Morgan fingerprint density at radius 3 is 2.48 bits per heavy atom. The lowest BCUT2D eigenvalue weighted by Crippen LogP contribution is -2.63. The third-order valence-corrected chi connectivity index (χ3v) is 7.93. The molecule has 4 aliphatic carbocycles. The molecule has 4 aliphatic rings. The van der Waals surface area contributed by atoms with E-state index in [4.69, 9.17) is 16.0 Å². The molecular formula is C23H27BrClNO. The van der Waals surface area contributed by atoms with Crippen molar-refractivity contribution in [3.8, 4) is 11.3 Å². The summed E-state index contributed by atoms with van der Waals surface area (Å²) in [5, 5.41) is 4.66. The van der Waals surface area contributed by atoms with Gasteiger partial charge in [0.2, 0.25) is 0 Å². The van der Waals surface area contributed by atoms with Crippen LogP contribution >= 0.6 is 27.5 Å². The number of halogens is 2. The van der Waals surface area contributed by atoms with Crippen LogP contribution in [-0.2, 0) is 6.54 Å². The molecule has 2 atom stereocenters. The summed E-state index contributed by atoms with van der Waals surface area (Å²) in [5.41, 5.74) is 2.30. The van der Waals surface area contributed by atoms with E-state index in [0.29, 0.717) is 21.4 Å². The van der Waals surface area contributed by atoms with E-state index in [-0.39, 0.29) is 0 Å². The molecule has 144 valence electrons. The van der Waals surface area contributed by atoms with Crippen LogP contribution < -0.4 is 5.32 Å². The van der Waals surface area contributed by atoms with Crippen molar-refractivity contribution < 1.29 is 4.42 Å². The SMILES string of the molecule is CC12CC3CC(C)(C1)CC(NCc1ccc(-c4ccc(Br)cc4Cl)o1)(C3)C2. The quantitative estimate of drug-likeness (QED) is 0.535. The number of rotatable bonds is 4. The van der Waals surface area contributed by atoms with Gasteiger partial charge in [0.1, 0.15) is 11.5 Å². The molecule has 0 radical (unpaired) electrons. The molecule has 0 spiro atoms. The summed E-state index contributed by atoms with van der Waals surface area (Å²) in [6.45, 7) is 5.84. The molecule has 4 fully saturated rings. The molecule has 1 aromatic heterocycles. The third-order valence-electron chi connectivity index (χ3n) is 7.12. The second kappa shape index (κ2) is 6.11. The Morgan fingerprint density at radius 1 is 1.07 bits per heavy atom. The summed E-state index contributed by atoms with van der Waals surface area (Å²) in [7, 11) is 0. The van der Waals surface area contributed by atoms with Gasteiger partial charge in [-0.15, -0.1) is 0 Å². The Kier molecular flexibility index (Phi) is 4.14. The highest BCUT2D eigenvalue weighted by molar-refractivity contribution is 9.10. The van der Waals surface area contributed by atoms with Crippen molar-refractivity contribution in [2.75, 3.05) is 0 Å².